The molecule has 0 amide bonds. The van der Waals surface area contributed by atoms with Crippen LogP contribution in [0.1, 0.15) is 25.2 Å². The molecule has 0 N–H and O–H groups in total. The summed E-state index contributed by atoms with van der Waals surface area (Å²) < 4.78 is 5.59. The molecule has 0 saturated heterocycles. The molecular formula is C23H23NO. The lowest BCUT2D eigenvalue weighted by Gasteiger charge is -2.32. The lowest BCUT2D eigenvalue weighted by molar-refractivity contribution is 0.470. The Bertz CT molecular complexity index is 811. The number of rotatable bonds is 5. The summed E-state index contributed by atoms with van der Waals surface area (Å²) in [5, 5.41) is 0. The van der Waals surface area contributed by atoms with Crippen LogP contribution in [0, 0.1) is 17.8 Å². The maximum absolute atomic E-state index is 5.59. The Morgan fingerprint density at radius 1 is 0.880 bits per heavy atom. The molecule has 0 fully saturated rings. The van der Waals surface area contributed by atoms with E-state index < -0.39 is 0 Å². The van der Waals surface area contributed by atoms with Crippen molar-refractivity contribution in [2.75, 3.05) is 4.90 Å². The third kappa shape index (κ3) is 4.55. The van der Waals surface area contributed by atoms with Crippen molar-refractivity contribution in [3.8, 4) is 11.8 Å². The summed E-state index contributed by atoms with van der Waals surface area (Å²) in [4.78, 5) is 2.32. The molecule has 2 aromatic carbocycles. The van der Waals surface area contributed by atoms with Crippen molar-refractivity contribution < 1.29 is 4.42 Å². The Labute approximate surface area is 150 Å². The topological polar surface area (TPSA) is 16.4 Å². The first-order chi connectivity index (χ1) is 12.2. The summed E-state index contributed by atoms with van der Waals surface area (Å²) in [5.74, 6) is 8.14. The van der Waals surface area contributed by atoms with Crippen molar-refractivity contribution in [2.24, 2.45) is 5.92 Å². The molecule has 3 aromatic rings. The molecule has 25 heavy (non-hydrogen) atoms. The maximum atomic E-state index is 5.59. The van der Waals surface area contributed by atoms with Crippen LogP contribution in [0.5, 0.6) is 0 Å². The van der Waals surface area contributed by atoms with Gasteiger partial charge < -0.3 is 9.32 Å². The van der Waals surface area contributed by atoms with Crippen LogP contribution in [0.2, 0.25) is 0 Å². The fourth-order valence-corrected chi connectivity index (χ4v) is 2.82. The van der Waals surface area contributed by atoms with E-state index in [0.717, 1.165) is 17.0 Å². The van der Waals surface area contributed by atoms with Crippen LogP contribution in [0.15, 0.2) is 83.5 Å². The lowest BCUT2D eigenvalue weighted by atomic mass is 10.0. The van der Waals surface area contributed by atoms with Gasteiger partial charge in [-0.25, -0.2) is 0 Å². The normalized spacial score (nSPS) is 11.6. The first-order valence-corrected chi connectivity index (χ1v) is 8.64. The number of para-hydroxylation sites is 1. The van der Waals surface area contributed by atoms with E-state index in [2.05, 4.69) is 54.9 Å². The Balaban J connectivity index is 1.94. The van der Waals surface area contributed by atoms with Gasteiger partial charge in [0.25, 0.3) is 0 Å². The summed E-state index contributed by atoms with van der Waals surface area (Å²) in [6, 6.07) is 24.6. The number of benzene rings is 2. The average molecular weight is 329 g/mol. The minimum Gasteiger partial charge on any atom is -0.467 e. The lowest BCUT2D eigenvalue weighted by Crippen LogP contribution is -2.37. The van der Waals surface area contributed by atoms with Crippen molar-refractivity contribution >= 4 is 5.69 Å². The minimum atomic E-state index is 0.0905. The number of nitrogens with zero attached hydrogens (tertiary/aromatic N) is 1. The molecule has 1 aromatic heterocycles. The van der Waals surface area contributed by atoms with Crippen molar-refractivity contribution in [1.29, 1.82) is 0 Å². The van der Waals surface area contributed by atoms with Crippen LogP contribution in [-0.2, 0) is 6.54 Å². The zero-order valence-electron chi connectivity index (χ0n) is 14.7. The highest BCUT2D eigenvalue weighted by molar-refractivity contribution is 5.50. The molecule has 0 aliphatic rings. The highest BCUT2D eigenvalue weighted by Crippen LogP contribution is 2.23. The van der Waals surface area contributed by atoms with Gasteiger partial charge in [0.1, 0.15) is 5.76 Å². The third-order valence-electron chi connectivity index (χ3n) is 4.10. The van der Waals surface area contributed by atoms with Crippen LogP contribution < -0.4 is 4.90 Å². The molecule has 0 radical (unpaired) electrons. The van der Waals surface area contributed by atoms with Crippen molar-refractivity contribution in [2.45, 2.75) is 26.4 Å². The molecule has 2 heteroatoms. The largest absolute Gasteiger partial charge is 0.467 e. The fraction of sp³-hybridized carbons (Fsp3) is 0.217. The molecule has 0 saturated carbocycles. The Morgan fingerprint density at radius 3 is 2.16 bits per heavy atom. The second-order valence-electron chi connectivity index (χ2n) is 6.37. The van der Waals surface area contributed by atoms with Gasteiger partial charge in [0, 0.05) is 11.3 Å². The molecule has 0 spiro atoms. The van der Waals surface area contributed by atoms with Gasteiger partial charge in [-0.1, -0.05) is 62.1 Å². The van der Waals surface area contributed by atoms with Gasteiger partial charge in [-0.05, 0) is 42.3 Å². The van der Waals surface area contributed by atoms with E-state index in [1.807, 2.05) is 48.5 Å². The van der Waals surface area contributed by atoms with Gasteiger partial charge in [-0.2, -0.15) is 0 Å². The summed E-state index contributed by atoms with van der Waals surface area (Å²) in [7, 11) is 0. The molecule has 0 aliphatic carbocycles. The maximum Gasteiger partial charge on any atom is 0.123 e. The first kappa shape index (κ1) is 16.9. The van der Waals surface area contributed by atoms with E-state index in [-0.39, 0.29) is 6.04 Å². The average Bonchev–Trinajstić information content (AvgIpc) is 3.15. The molecule has 1 atom stereocenters. The van der Waals surface area contributed by atoms with E-state index in [9.17, 15) is 0 Å². The van der Waals surface area contributed by atoms with Crippen LogP contribution in [0.4, 0.5) is 5.69 Å². The zero-order valence-corrected chi connectivity index (χ0v) is 14.7. The summed E-state index contributed by atoms with van der Waals surface area (Å²) >= 11 is 0. The molecule has 0 bridgehead atoms. The van der Waals surface area contributed by atoms with Crippen LogP contribution in [-0.4, -0.2) is 6.04 Å². The number of hydrogen-bond acceptors (Lipinski definition) is 2. The Morgan fingerprint density at radius 2 is 1.56 bits per heavy atom. The standard InChI is InChI=1S/C23H23NO/c1-19(2)23(16-15-20-10-5-3-6-11-20)24(18-22-14-9-17-25-22)21-12-7-4-8-13-21/h3-14,17,19,23H,18H2,1-2H3. The van der Waals surface area contributed by atoms with E-state index >= 15 is 0 Å². The molecule has 3 rings (SSSR count). The molecule has 2 nitrogen and oxygen atoms in total. The second kappa shape index (κ2) is 8.26. The fourth-order valence-electron chi connectivity index (χ4n) is 2.82. The highest BCUT2D eigenvalue weighted by atomic mass is 16.3. The zero-order chi connectivity index (χ0) is 17.5. The van der Waals surface area contributed by atoms with Crippen LogP contribution in [0.25, 0.3) is 0 Å². The summed E-state index contributed by atoms with van der Waals surface area (Å²) in [6.45, 7) is 5.12. The van der Waals surface area contributed by atoms with Gasteiger partial charge in [-0.15, -0.1) is 0 Å². The van der Waals surface area contributed by atoms with Crippen molar-refractivity contribution in [1.82, 2.24) is 0 Å². The van der Waals surface area contributed by atoms with Crippen LogP contribution >= 0.6 is 0 Å². The number of furan rings is 1. The van der Waals surface area contributed by atoms with Crippen LogP contribution in [0.3, 0.4) is 0 Å². The summed E-state index contributed by atoms with van der Waals surface area (Å²) in [6.07, 6.45) is 1.72. The van der Waals surface area contributed by atoms with Crippen molar-refractivity contribution in [3.63, 3.8) is 0 Å². The smallest absolute Gasteiger partial charge is 0.123 e. The SMILES string of the molecule is CC(C)C(C#Cc1ccccc1)N(Cc1ccco1)c1ccccc1. The van der Waals surface area contributed by atoms with E-state index in [1.165, 1.54) is 0 Å². The molecule has 1 heterocycles. The molecule has 126 valence electrons. The number of anilines is 1. The molecule has 1 unspecified atom stereocenters. The monoisotopic (exact) mass is 329 g/mol. The van der Waals surface area contributed by atoms with E-state index in [0.29, 0.717) is 12.5 Å². The van der Waals surface area contributed by atoms with Gasteiger partial charge >= 0.3 is 0 Å². The van der Waals surface area contributed by atoms with Gasteiger partial charge in [0.05, 0.1) is 18.8 Å². The van der Waals surface area contributed by atoms with E-state index in [1.54, 1.807) is 6.26 Å². The number of hydrogen-bond donors (Lipinski definition) is 0. The first-order valence-electron chi connectivity index (χ1n) is 8.64. The summed E-state index contributed by atoms with van der Waals surface area (Å²) in [5.41, 5.74) is 2.19. The molecule has 0 aliphatic heterocycles. The van der Waals surface area contributed by atoms with Crippen molar-refractivity contribution in [3.05, 3.63) is 90.4 Å². The Kier molecular flexibility index (Phi) is 5.59. The predicted octanol–water partition coefficient (Wildman–Crippen LogP) is 5.36. The van der Waals surface area contributed by atoms with Gasteiger partial charge in [-0.3, -0.25) is 0 Å². The second-order valence-corrected chi connectivity index (χ2v) is 6.37. The van der Waals surface area contributed by atoms with Gasteiger partial charge in [0.2, 0.25) is 0 Å². The van der Waals surface area contributed by atoms with Gasteiger partial charge in [0.15, 0.2) is 0 Å². The third-order valence-corrected chi connectivity index (χ3v) is 4.10. The molecular weight excluding hydrogens is 306 g/mol. The van der Waals surface area contributed by atoms with E-state index in [4.69, 9.17) is 4.42 Å². The quantitative estimate of drug-likeness (QED) is 0.586. The predicted molar refractivity (Wildman–Crippen MR) is 103 cm³/mol. The highest BCUT2D eigenvalue weighted by Gasteiger charge is 2.21. The minimum absolute atomic E-state index is 0.0905. The Hall–Kier alpha value is -2.92.